The van der Waals surface area contributed by atoms with Crippen molar-refractivity contribution in [3.8, 4) is 5.88 Å². The molecule has 2 rings (SSSR count). The van der Waals surface area contributed by atoms with Crippen molar-refractivity contribution < 1.29 is 19.0 Å². The predicted molar refractivity (Wildman–Crippen MR) is 77.7 cm³/mol. The van der Waals surface area contributed by atoms with Crippen LogP contribution in [0.5, 0.6) is 5.88 Å². The van der Waals surface area contributed by atoms with Gasteiger partial charge in [0, 0.05) is 6.07 Å². The van der Waals surface area contributed by atoms with Gasteiger partial charge in [0.2, 0.25) is 5.88 Å². The zero-order chi connectivity index (χ0) is 15.5. The fraction of sp³-hybridized carbons (Fsp3) is 0.467. The molecule has 1 aliphatic rings. The highest BCUT2D eigenvalue weighted by molar-refractivity contribution is 5.81. The van der Waals surface area contributed by atoms with Crippen molar-refractivity contribution in [2.75, 3.05) is 20.3 Å². The van der Waals surface area contributed by atoms with Crippen LogP contribution in [-0.2, 0) is 9.47 Å². The van der Waals surface area contributed by atoms with Gasteiger partial charge in [0.15, 0.2) is 0 Å². The number of carbonyl (C=O) groups is 1. The predicted octanol–water partition coefficient (Wildman–Crippen LogP) is 2.66. The summed E-state index contributed by atoms with van der Waals surface area (Å²) in [6.45, 7) is 6.34. The molecule has 0 atom stereocenters. The van der Waals surface area contributed by atoms with Crippen molar-refractivity contribution in [3.63, 3.8) is 0 Å². The van der Waals surface area contributed by atoms with Crippen molar-refractivity contribution in [3.05, 3.63) is 30.2 Å². The third kappa shape index (κ3) is 3.87. The number of rotatable bonds is 2. The van der Waals surface area contributed by atoms with Crippen LogP contribution in [0.4, 0.5) is 4.79 Å². The molecule has 1 aromatic rings. The lowest BCUT2D eigenvalue weighted by molar-refractivity contribution is 0.0295. The maximum absolute atomic E-state index is 12.3. The summed E-state index contributed by atoms with van der Waals surface area (Å²) in [5.74, 6) is 0.475. The summed E-state index contributed by atoms with van der Waals surface area (Å²) in [7, 11) is 1.55. The molecule has 0 fully saturated rings. The van der Waals surface area contributed by atoms with Gasteiger partial charge >= 0.3 is 6.09 Å². The minimum atomic E-state index is -0.553. The lowest BCUT2D eigenvalue weighted by atomic mass is 10.2. The Hall–Kier alpha value is -2.24. The van der Waals surface area contributed by atoms with E-state index in [1.54, 1.807) is 19.2 Å². The van der Waals surface area contributed by atoms with Crippen LogP contribution in [0, 0.1) is 0 Å². The lowest BCUT2D eigenvalue weighted by Crippen LogP contribution is -2.39. The van der Waals surface area contributed by atoms with Gasteiger partial charge in [-0.25, -0.2) is 9.78 Å². The minimum Gasteiger partial charge on any atom is -0.497 e. The molecular weight excluding hydrogens is 272 g/mol. The fourth-order valence-corrected chi connectivity index (χ4v) is 1.84. The van der Waals surface area contributed by atoms with Gasteiger partial charge < -0.3 is 14.2 Å². The Balaban J connectivity index is 2.26. The molecule has 0 aromatic carbocycles. The first-order valence-corrected chi connectivity index (χ1v) is 6.74. The smallest absolute Gasteiger partial charge is 0.415 e. The molecule has 0 aliphatic carbocycles. The second-order valence-corrected chi connectivity index (χ2v) is 5.57. The first kappa shape index (κ1) is 15.2. The molecule has 1 aliphatic heterocycles. The van der Waals surface area contributed by atoms with E-state index in [0.29, 0.717) is 30.4 Å². The van der Waals surface area contributed by atoms with Crippen LogP contribution in [0.25, 0.3) is 5.70 Å². The second kappa shape index (κ2) is 6.03. The van der Waals surface area contributed by atoms with E-state index >= 15 is 0 Å². The Bertz CT molecular complexity index is 549. The van der Waals surface area contributed by atoms with E-state index in [9.17, 15) is 4.79 Å². The third-order valence-corrected chi connectivity index (χ3v) is 2.73. The fourth-order valence-electron chi connectivity index (χ4n) is 1.84. The second-order valence-electron chi connectivity index (χ2n) is 5.57. The monoisotopic (exact) mass is 292 g/mol. The number of nitrogens with zero attached hydrogens (tertiary/aromatic N) is 2. The number of carbonyl (C=O) groups excluding carboxylic acids is 1. The number of hydrogen-bond donors (Lipinski definition) is 0. The van der Waals surface area contributed by atoms with E-state index in [0.717, 1.165) is 0 Å². The van der Waals surface area contributed by atoms with E-state index in [2.05, 4.69) is 4.98 Å². The zero-order valence-electron chi connectivity index (χ0n) is 12.8. The first-order valence-electron chi connectivity index (χ1n) is 6.74. The number of amides is 1. The maximum atomic E-state index is 12.3. The lowest BCUT2D eigenvalue weighted by Gasteiger charge is -2.30. The van der Waals surface area contributed by atoms with Crippen LogP contribution in [0.3, 0.4) is 0 Å². The van der Waals surface area contributed by atoms with E-state index in [4.69, 9.17) is 14.2 Å². The van der Waals surface area contributed by atoms with Gasteiger partial charge in [0.1, 0.15) is 24.2 Å². The molecule has 6 heteroatoms. The topological polar surface area (TPSA) is 60.9 Å². The highest BCUT2D eigenvalue weighted by atomic mass is 16.6. The molecule has 0 bridgehead atoms. The number of ether oxygens (including phenoxy) is 3. The number of methoxy groups -OCH3 is 1. The summed E-state index contributed by atoms with van der Waals surface area (Å²) < 4.78 is 15.9. The SMILES string of the molecule is COc1cccc(C2=COCCN2C(=O)OC(C)(C)C)n1. The first-order chi connectivity index (χ1) is 9.90. The Labute approximate surface area is 124 Å². The van der Waals surface area contributed by atoms with Crippen molar-refractivity contribution in [2.24, 2.45) is 0 Å². The number of hydrogen-bond acceptors (Lipinski definition) is 5. The van der Waals surface area contributed by atoms with Gasteiger partial charge in [-0.15, -0.1) is 0 Å². The average Bonchev–Trinajstić information content (AvgIpc) is 2.45. The molecule has 0 N–H and O–H groups in total. The zero-order valence-corrected chi connectivity index (χ0v) is 12.8. The van der Waals surface area contributed by atoms with Crippen LogP contribution < -0.4 is 4.74 Å². The van der Waals surface area contributed by atoms with Crippen molar-refractivity contribution in [2.45, 2.75) is 26.4 Å². The van der Waals surface area contributed by atoms with Crippen LogP contribution in [0.1, 0.15) is 26.5 Å². The van der Waals surface area contributed by atoms with Crippen LogP contribution in [-0.4, -0.2) is 41.8 Å². The van der Waals surface area contributed by atoms with E-state index in [1.807, 2.05) is 26.8 Å². The minimum absolute atomic E-state index is 0.415. The molecule has 2 heterocycles. The molecule has 0 radical (unpaired) electrons. The summed E-state index contributed by atoms with van der Waals surface area (Å²) in [6.07, 6.45) is 1.11. The Morgan fingerprint density at radius 1 is 1.38 bits per heavy atom. The molecule has 0 spiro atoms. The average molecular weight is 292 g/mol. The number of pyridine rings is 1. The van der Waals surface area contributed by atoms with Crippen molar-refractivity contribution in [1.29, 1.82) is 0 Å². The highest BCUT2D eigenvalue weighted by Crippen LogP contribution is 2.24. The number of aromatic nitrogens is 1. The van der Waals surface area contributed by atoms with Gasteiger partial charge in [-0.1, -0.05) is 6.07 Å². The van der Waals surface area contributed by atoms with Gasteiger partial charge in [-0.05, 0) is 26.8 Å². The third-order valence-electron chi connectivity index (χ3n) is 2.73. The molecule has 6 nitrogen and oxygen atoms in total. The summed E-state index contributed by atoms with van der Waals surface area (Å²) in [5.41, 5.74) is 0.608. The maximum Gasteiger partial charge on any atom is 0.415 e. The van der Waals surface area contributed by atoms with Gasteiger partial charge in [-0.2, -0.15) is 0 Å². The van der Waals surface area contributed by atoms with Gasteiger partial charge in [-0.3, -0.25) is 4.90 Å². The van der Waals surface area contributed by atoms with E-state index in [1.165, 1.54) is 11.2 Å². The molecule has 1 aromatic heterocycles. The van der Waals surface area contributed by atoms with E-state index in [-0.39, 0.29) is 0 Å². The Kier molecular flexibility index (Phi) is 4.35. The summed E-state index contributed by atoms with van der Waals surface area (Å²) in [4.78, 5) is 18.1. The highest BCUT2D eigenvalue weighted by Gasteiger charge is 2.28. The summed E-state index contributed by atoms with van der Waals surface area (Å²) in [6, 6.07) is 5.34. The quantitative estimate of drug-likeness (QED) is 0.838. The summed E-state index contributed by atoms with van der Waals surface area (Å²) >= 11 is 0. The van der Waals surface area contributed by atoms with Gasteiger partial charge in [0.25, 0.3) is 0 Å². The van der Waals surface area contributed by atoms with Crippen LogP contribution in [0.2, 0.25) is 0 Å². The molecule has 0 unspecified atom stereocenters. The molecule has 0 saturated heterocycles. The van der Waals surface area contributed by atoms with E-state index < -0.39 is 11.7 Å². The normalized spacial score (nSPS) is 15.0. The molecule has 21 heavy (non-hydrogen) atoms. The summed E-state index contributed by atoms with van der Waals surface area (Å²) in [5, 5.41) is 0. The Morgan fingerprint density at radius 3 is 2.81 bits per heavy atom. The molecule has 114 valence electrons. The van der Waals surface area contributed by atoms with Crippen molar-refractivity contribution in [1.82, 2.24) is 9.88 Å². The molecule has 1 amide bonds. The Morgan fingerprint density at radius 2 is 2.14 bits per heavy atom. The van der Waals surface area contributed by atoms with Gasteiger partial charge in [0.05, 0.1) is 19.3 Å². The molecular formula is C15H20N2O4. The molecule has 0 saturated carbocycles. The standard InChI is InChI=1S/C15H20N2O4/c1-15(2,3)21-14(18)17-8-9-20-10-12(17)11-6-5-7-13(16-11)19-4/h5-7,10H,8-9H2,1-4H3. The van der Waals surface area contributed by atoms with Crippen LogP contribution in [0.15, 0.2) is 24.5 Å². The largest absolute Gasteiger partial charge is 0.497 e. The van der Waals surface area contributed by atoms with Crippen LogP contribution >= 0.6 is 0 Å². The van der Waals surface area contributed by atoms with Crippen molar-refractivity contribution >= 4 is 11.8 Å².